The first kappa shape index (κ1) is 19.7. The summed E-state index contributed by atoms with van der Waals surface area (Å²) in [7, 11) is 1.44. The molecule has 6 nitrogen and oxygen atoms in total. The minimum absolute atomic E-state index is 0.104. The summed E-state index contributed by atoms with van der Waals surface area (Å²) in [5.41, 5.74) is 0.958. The van der Waals surface area contributed by atoms with E-state index >= 15 is 0 Å². The van der Waals surface area contributed by atoms with E-state index in [1.807, 2.05) is 36.4 Å². The van der Waals surface area contributed by atoms with Gasteiger partial charge in [-0.2, -0.15) is 0 Å². The number of nitrogens with one attached hydrogen (secondary N) is 2. The number of ether oxygens (including phenoxy) is 1. The number of aliphatic hydroxyl groups excluding tert-OH is 1. The number of carbonyl (C=O) groups excluding carboxylic acids is 2. The molecular weight excluding hydrogens is 380 g/mol. The fourth-order valence-electron chi connectivity index (χ4n) is 2.88. The van der Waals surface area contributed by atoms with E-state index < -0.39 is 17.9 Å². The Bertz CT molecular complexity index is 1020. The summed E-state index contributed by atoms with van der Waals surface area (Å²) >= 11 is 5.91. The van der Waals surface area contributed by atoms with Crippen molar-refractivity contribution in [3.8, 4) is 5.75 Å². The van der Waals surface area contributed by atoms with E-state index in [1.54, 1.807) is 18.2 Å². The van der Waals surface area contributed by atoms with Gasteiger partial charge in [0.1, 0.15) is 5.75 Å². The maximum atomic E-state index is 12.1. The van der Waals surface area contributed by atoms with Gasteiger partial charge in [0.25, 0.3) is 0 Å². The third kappa shape index (κ3) is 4.42. The van der Waals surface area contributed by atoms with Crippen LogP contribution >= 0.6 is 11.6 Å². The van der Waals surface area contributed by atoms with Crippen LogP contribution < -0.4 is 15.4 Å². The summed E-state index contributed by atoms with van der Waals surface area (Å²) in [6.45, 7) is -0.104. The van der Waals surface area contributed by atoms with Crippen LogP contribution in [0.1, 0.15) is 11.7 Å². The Morgan fingerprint density at radius 2 is 1.82 bits per heavy atom. The van der Waals surface area contributed by atoms with Crippen molar-refractivity contribution in [1.82, 2.24) is 5.32 Å². The molecule has 3 rings (SSSR count). The Morgan fingerprint density at radius 3 is 2.61 bits per heavy atom. The fourth-order valence-corrected chi connectivity index (χ4v) is 3.05. The lowest BCUT2D eigenvalue weighted by molar-refractivity contribution is -0.136. The number of methoxy groups -OCH3 is 1. The Hall–Kier alpha value is -3.09. The predicted molar refractivity (Wildman–Crippen MR) is 109 cm³/mol. The number of hydrogen-bond donors (Lipinski definition) is 3. The number of fused-ring (bicyclic) bond motifs is 1. The summed E-state index contributed by atoms with van der Waals surface area (Å²) in [6, 6.07) is 17.9. The number of hydrogen-bond acceptors (Lipinski definition) is 4. The van der Waals surface area contributed by atoms with Crippen molar-refractivity contribution in [2.45, 2.75) is 6.10 Å². The second-order valence-electron chi connectivity index (χ2n) is 6.09. The summed E-state index contributed by atoms with van der Waals surface area (Å²) in [4.78, 5) is 24.3. The van der Waals surface area contributed by atoms with Crippen molar-refractivity contribution in [3.05, 3.63) is 71.2 Å². The molecule has 1 atom stereocenters. The van der Waals surface area contributed by atoms with Gasteiger partial charge >= 0.3 is 11.8 Å². The van der Waals surface area contributed by atoms with E-state index in [4.69, 9.17) is 16.3 Å². The molecule has 0 aromatic heterocycles. The molecule has 0 aliphatic heterocycles. The van der Waals surface area contributed by atoms with Crippen LogP contribution in [0.2, 0.25) is 5.02 Å². The van der Waals surface area contributed by atoms with Gasteiger partial charge in [-0.05, 0) is 34.5 Å². The average Bonchev–Trinajstić information content (AvgIpc) is 2.71. The van der Waals surface area contributed by atoms with Crippen molar-refractivity contribution in [3.63, 3.8) is 0 Å². The van der Waals surface area contributed by atoms with Crippen LogP contribution in [0.25, 0.3) is 10.8 Å². The first-order chi connectivity index (χ1) is 13.5. The van der Waals surface area contributed by atoms with Crippen LogP contribution in [0.3, 0.4) is 0 Å². The molecular formula is C21H19ClN2O4. The molecule has 0 bridgehead atoms. The lowest BCUT2D eigenvalue weighted by atomic mass is 10.0. The number of halogens is 1. The molecule has 0 fully saturated rings. The molecule has 1 unspecified atom stereocenters. The van der Waals surface area contributed by atoms with E-state index in [0.29, 0.717) is 16.3 Å². The van der Waals surface area contributed by atoms with Crippen molar-refractivity contribution < 1.29 is 19.4 Å². The summed E-state index contributed by atoms with van der Waals surface area (Å²) in [6.07, 6.45) is -0.955. The van der Waals surface area contributed by atoms with E-state index in [0.717, 1.165) is 10.8 Å². The molecule has 0 heterocycles. The highest BCUT2D eigenvalue weighted by molar-refractivity contribution is 6.40. The minimum Gasteiger partial charge on any atom is -0.495 e. The van der Waals surface area contributed by atoms with Crippen LogP contribution in [0.15, 0.2) is 60.7 Å². The molecule has 0 spiro atoms. The van der Waals surface area contributed by atoms with Gasteiger partial charge in [-0.15, -0.1) is 0 Å². The molecule has 2 amide bonds. The van der Waals surface area contributed by atoms with Crippen molar-refractivity contribution in [1.29, 1.82) is 0 Å². The number of rotatable bonds is 5. The summed E-state index contributed by atoms with van der Waals surface area (Å²) < 4.78 is 5.13. The Kier molecular flexibility index (Phi) is 6.13. The van der Waals surface area contributed by atoms with Crippen molar-refractivity contribution in [2.24, 2.45) is 0 Å². The van der Waals surface area contributed by atoms with Crippen molar-refractivity contribution >= 4 is 39.9 Å². The van der Waals surface area contributed by atoms with E-state index in [-0.39, 0.29) is 12.2 Å². The van der Waals surface area contributed by atoms with Crippen LogP contribution in [-0.4, -0.2) is 30.6 Å². The molecule has 3 aromatic carbocycles. The molecule has 0 saturated heterocycles. The Morgan fingerprint density at radius 1 is 1.07 bits per heavy atom. The highest BCUT2D eigenvalue weighted by atomic mass is 35.5. The van der Waals surface area contributed by atoms with E-state index in [9.17, 15) is 14.7 Å². The lowest BCUT2D eigenvalue weighted by Gasteiger charge is -2.15. The molecule has 28 heavy (non-hydrogen) atoms. The van der Waals surface area contributed by atoms with Gasteiger partial charge in [0.2, 0.25) is 0 Å². The first-order valence-corrected chi connectivity index (χ1v) is 8.96. The number of aliphatic hydroxyl groups is 1. The van der Waals surface area contributed by atoms with Gasteiger partial charge in [0, 0.05) is 11.6 Å². The summed E-state index contributed by atoms with van der Waals surface area (Å²) in [5.74, 6) is -1.38. The van der Waals surface area contributed by atoms with Gasteiger partial charge in [0.05, 0.1) is 18.9 Å². The summed E-state index contributed by atoms with van der Waals surface area (Å²) in [5, 5.41) is 17.6. The first-order valence-electron chi connectivity index (χ1n) is 8.58. The van der Waals surface area contributed by atoms with Crippen LogP contribution in [0.5, 0.6) is 5.75 Å². The monoisotopic (exact) mass is 398 g/mol. The predicted octanol–water partition coefficient (Wildman–Crippen LogP) is 3.29. The zero-order valence-electron chi connectivity index (χ0n) is 15.1. The third-order valence-corrected chi connectivity index (χ3v) is 4.49. The third-order valence-electron chi connectivity index (χ3n) is 4.25. The quantitative estimate of drug-likeness (QED) is 0.575. The number of amides is 2. The zero-order valence-corrected chi connectivity index (χ0v) is 15.9. The second-order valence-corrected chi connectivity index (χ2v) is 6.53. The number of benzene rings is 3. The largest absolute Gasteiger partial charge is 0.495 e. The van der Waals surface area contributed by atoms with Gasteiger partial charge in [-0.25, -0.2) is 0 Å². The molecule has 144 valence electrons. The number of anilines is 1. The van der Waals surface area contributed by atoms with Gasteiger partial charge < -0.3 is 20.5 Å². The van der Waals surface area contributed by atoms with E-state index in [2.05, 4.69) is 10.6 Å². The maximum absolute atomic E-state index is 12.1. The highest BCUT2D eigenvalue weighted by Gasteiger charge is 2.18. The second kappa shape index (κ2) is 8.73. The molecule has 0 radical (unpaired) electrons. The molecule has 3 N–H and O–H groups in total. The maximum Gasteiger partial charge on any atom is 0.313 e. The zero-order chi connectivity index (χ0) is 20.1. The SMILES string of the molecule is COc1ccc(Cl)cc1NC(=O)C(=O)NCC(O)c1cccc2ccccc12. The highest BCUT2D eigenvalue weighted by Crippen LogP contribution is 2.27. The topological polar surface area (TPSA) is 87.7 Å². The van der Waals surface area contributed by atoms with Gasteiger partial charge in [-0.3, -0.25) is 9.59 Å². The molecule has 7 heteroatoms. The molecule has 0 aliphatic carbocycles. The molecule has 0 aliphatic rings. The van der Waals surface area contributed by atoms with Crippen LogP contribution in [0, 0.1) is 0 Å². The van der Waals surface area contributed by atoms with Crippen molar-refractivity contribution in [2.75, 3.05) is 19.0 Å². The fraction of sp³-hybridized carbons (Fsp3) is 0.143. The van der Waals surface area contributed by atoms with Crippen LogP contribution in [0.4, 0.5) is 5.69 Å². The lowest BCUT2D eigenvalue weighted by Crippen LogP contribution is -2.37. The minimum atomic E-state index is -0.955. The van der Waals surface area contributed by atoms with E-state index in [1.165, 1.54) is 13.2 Å². The smallest absolute Gasteiger partial charge is 0.313 e. The van der Waals surface area contributed by atoms with Crippen LogP contribution in [-0.2, 0) is 9.59 Å². The number of carbonyl (C=O) groups is 2. The average molecular weight is 399 g/mol. The standard InChI is InChI=1S/C21H19ClN2O4/c1-28-19-10-9-14(22)11-17(19)24-21(27)20(26)23-12-18(25)16-8-4-6-13-5-2-3-7-15(13)16/h2-11,18,25H,12H2,1H3,(H,23,26)(H,24,27). The normalized spacial score (nSPS) is 11.7. The van der Waals surface area contributed by atoms with Gasteiger partial charge in [0.15, 0.2) is 0 Å². The molecule has 3 aromatic rings. The Balaban J connectivity index is 1.65. The van der Waals surface area contributed by atoms with Gasteiger partial charge in [-0.1, -0.05) is 54.1 Å². The Labute approximate surface area is 167 Å². The molecule has 0 saturated carbocycles.